The van der Waals surface area contributed by atoms with E-state index in [2.05, 4.69) is 4.99 Å². The van der Waals surface area contributed by atoms with Crippen LogP contribution in [0, 0.1) is 11.6 Å². The summed E-state index contributed by atoms with van der Waals surface area (Å²) in [6.45, 7) is 0. The lowest BCUT2D eigenvalue weighted by Gasteiger charge is -2.00. The van der Waals surface area contributed by atoms with E-state index in [0.717, 1.165) is 12.1 Å². The summed E-state index contributed by atoms with van der Waals surface area (Å²) >= 11 is 6.94. The highest BCUT2D eigenvalue weighted by atomic mass is 35.5. The molecule has 2 rings (SSSR count). The second-order valence-corrected chi connectivity index (χ2v) is 4.74. The quantitative estimate of drug-likeness (QED) is 0.743. The first kappa shape index (κ1) is 12.9. The molecule has 0 N–H and O–H groups in total. The van der Waals surface area contributed by atoms with Crippen LogP contribution in [0.15, 0.2) is 28.7 Å². The molecule has 18 heavy (non-hydrogen) atoms. The molecular weight excluding hydrogens is 282 g/mol. The topological polar surface area (TPSA) is 34.4 Å². The standard InChI is InChI=1S/C11H7ClF2N2OS/c1-16-2-3-18-11(16)15-10(17)6-4-8(13)9(14)5-7(6)12/h2-5H,1H3. The number of carbonyl (C=O) groups excluding carboxylic acids is 1. The smallest absolute Gasteiger partial charge is 0.281 e. The fourth-order valence-corrected chi connectivity index (χ4v) is 2.23. The molecule has 3 nitrogen and oxygen atoms in total. The third-order valence-electron chi connectivity index (χ3n) is 2.20. The minimum atomic E-state index is -1.13. The van der Waals surface area contributed by atoms with Crippen LogP contribution in [0.25, 0.3) is 0 Å². The molecule has 0 atom stereocenters. The lowest BCUT2D eigenvalue weighted by Crippen LogP contribution is -2.13. The van der Waals surface area contributed by atoms with Gasteiger partial charge in [-0.25, -0.2) is 8.78 Å². The molecule has 0 unspecified atom stereocenters. The van der Waals surface area contributed by atoms with Crippen LogP contribution in [-0.2, 0) is 7.05 Å². The average molecular weight is 289 g/mol. The lowest BCUT2D eigenvalue weighted by molar-refractivity contribution is 0.0997. The van der Waals surface area contributed by atoms with Gasteiger partial charge in [0.15, 0.2) is 16.4 Å². The number of benzene rings is 1. The minimum Gasteiger partial charge on any atom is -0.327 e. The number of thiazole rings is 1. The normalized spacial score (nSPS) is 11.9. The van der Waals surface area contributed by atoms with Crippen molar-refractivity contribution in [1.82, 2.24) is 4.57 Å². The van der Waals surface area contributed by atoms with Crippen LogP contribution in [0.2, 0.25) is 5.02 Å². The predicted octanol–water partition coefficient (Wildman–Crippen LogP) is 2.76. The average Bonchev–Trinajstić information content (AvgIpc) is 2.69. The number of aromatic nitrogens is 1. The summed E-state index contributed by atoms with van der Waals surface area (Å²) in [5.41, 5.74) is -0.163. The van der Waals surface area contributed by atoms with Gasteiger partial charge in [-0.1, -0.05) is 11.6 Å². The van der Waals surface area contributed by atoms with Crippen LogP contribution < -0.4 is 4.80 Å². The fourth-order valence-electron chi connectivity index (χ4n) is 1.27. The molecular formula is C11H7ClF2N2OS. The molecule has 0 radical (unpaired) electrons. The van der Waals surface area contributed by atoms with Gasteiger partial charge in [0.1, 0.15) is 0 Å². The Morgan fingerprint density at radius 2 is 2.06 bits per heavy atom. The second kappa shape index (κ2) is 4.99. The van der Waals surface area contributed by atoms with E-state index in [1.165, 1.54) is 11.3 Å². The Kier molecular flexibility index (Phi) is 3.58. The third-order valence-corrected chi connectivity index (χ3v) is 3.36. The largest absolute Gasteiger partial charge is 0.327 e. The van der Waals surface area contributed by atoms with Crippen molar-refractivity contribution in [1.29, 1.82) is 0 Å². The van der Waals surface area contributed by atoms with Gasteiger partial charge in [0, 0.05) is 18.6 Å². The maximum absolute atomic E-state index is 13.0. The molecule has 1 aromatic heterocycles. The summed E-state index contributed by atoms with van der Waals surface area (Å²) in [5, 5.41) is 1.58. The highest BCUT2D eigenvalue weighted by Crippen LogP contribution is 2.20. The van der Waals surface area contributed by atoms with E-state index < -0.39 is 17.5 Å². The maximum atomic E-state index is 13.0. The lowest BCUT2D eigenvalue weighted by atomic mass is 10.2. The monoisotopic (exact) mass is 288 g/mol. The molecule has 0 bridgehead atoms. The van der Waals surface area contributed by atoms with Gasteiger partial charge >= 0.3 is 0 Å². The molecule has 0 saturated heterocycles. The number of nitrogens with zero attached hydrogens (tertiary/aromatic N) is 2. The van der Waals surface area contributed by atoms with E-state index in [4.69, 9.17) is 11.6 Å². The predicted molar refractivity (Wildman–Crippen MR) is 64.6 cm³/mol. The minimum absolute atomic E-state index is 0.163. The van der Waals surface area contributed by atoms with Crippen molar-refractivity contribution in [2.24, 2.45) is 12.0 Å². The molecule has 0 fully saturated rings. The van der Waals surface area contributed by atoms with Crippen LogP contribution in [-0.4, -0.2) is 10.5 Å². The number of carbonyl (C=O) groups is 1. The molecule has 0 spiro atoms. The van der Waals surface area contributed by atoms with Gasteiger partial charge in [-0.3, -0.25) is 4.79 Å². The molecule has 0 aliphatic rings. The summed E-state index contributed by atoms with van der Waals surface area (Å²) < 4.78 is 27.5. The number of rotatable bonds is 1. The van der Waals surface area contributed by atoms with Gasteiger partial charge in [-0.2, -0.15) is 4.99 Å². The van der Waals surface area contributed by atoms with E-state index >= 15 is 0 Å². The van der Waals surface area contributed by atoms with E-state index in [0.29, 0.717) is 4.80 Å². The van der Waals surface area contributed by atoms with E-state index in [1.807, 2.05) is 0 Å². The number of hydrogen-bond donors (Lipinski definition) is 0. The summed E-state index contributed by atoms with van der Waals surface area (Å²) in [6.07, 6.45) is 1.73. The summed E-state index contributed by atoms with van der Waals surface area (Å²) in [7, 11) is 1.72. The van der Waals surface area contributed by atoms with Crippen molar-refractivity contribution >= 4 is 28.8 Å². The fraction of sp³-hybridized carbons (Fsp3) is 0.0909. The van der Waals surface area contributed by atoms with Crippen molar-refractivity contribution in [2.45, 2.75) is 0 Å². The zero-order valence-electron chi connectivity index (χ0n) is 9.15. The third kappa shape index (κ3) is 2.49. The zero-order chi connectivity index (χ0) is 13.3. The Morgan fingerprint density at radius 3 is 2.67 bits per heavy atom. The van der Waals surface area contributed by atoms with E-state index in [9.17, 15) is 13.6 Å². The molecule has 1 amide bonds. The number of amides is 1. The van der Waals surface area contributed by atoms with Gasteiger partial charge in [0.2, 0.25) is 0 Å². The molecule has 0 aliphatic carbocycles. The summed E-state index contributed by atoms with van der Waals surface area (Å²) in [5.74, 6) is -2.94. The van der Waals surface area contributed by atoms with Crippen LogP contribution in [0.4, 0.5) is 8.78 Å². The first-order valence-corrected chi connectivity index (χ1v) is 6.08. The zero-order valence-corrected chi connectivity index (χ0v) is 10.7. The molecule has 1 aromatic carbocycles. The Labute approximate surface area is 110 Å². The Morgan fingerprint density at radius 1 is 1.39 bits per heavy atom. The first-order chi connectivity index (χ1) is 8.49. The molecule has 7 heteroatoms. The van der Waals surface area contributed by atoms with E-state index in [-0.39, 0.29) is 10.6 Å². The maximum Gasteiger partial charge on any atom is 0.281 e. The summed E-state index contributed by atoms with van der Waals surface area (Å²) in [6, 6.07) is 1.51. The molecule has 2 aromatic rings. The highest BCUT2D eigenvalue weighted by molar-refractivity contribution is 7.07. The van der Waals surface area contributed by atoms with Gasteiger partial charge in [-0.05, 0) is 12.1 Å². The van der Waals surface area contributed by atoms with Crippen LogP contribution >= 0.6 is 22.9 Å². The Bertz CT molecular complexity index is 678. The highest BCUT2D eigenvalue weighted by Gasteiger charge is 2.14. The number of aryl methyl sites for hydroxylation is 1. The molecule has 0 aliphatic heterocycles. The number of hydrogen-bond acceptors (Lipinski definition) is 2. The molecule has 1 heterocycles. The van der Waals surface area contributed by atoms with Crippen molar-refractivity contribution in [3.8, 4) is 0 Å². The van der Waals surface area contributed by atoms with E-state index in [1.54, 1.807) is 23.2 Å². The number of halogens is 3. The Balaban J connectivity index is 2.48. The molecule has 0 saturated carbocycles. The molecule has 94 valence electrons. The van der Waals surface area contributed by atoms with Gasteiger partial charge < -0.3 is 4.57 Å². The second-order valence-electron chi connectivity index (χ2n) is 3.46. The summed E-state index contributed by atoms with van der Waals surface area (Å²) in [4.78, 5) is 16.0. The van der Waals surface area contributed by atoms with Crippen molar-refractivity contribution in [3.05, 3.63) is 50.7 Å². The van der Waals surface area contributed by atoms with Crippen LogP contribution in [0.3, 0.4) is 0 Å². The SMILES string of the molecule is Cn1ccsc1=NC(=O)c1cc(F)c(F)cc1Cl. The van der Waals surface area contributed by atoms with Crippen LogP contribution in [0.5, 0.6) is 0 Å². The van der Waals surface area contributed by atoms with Crippen molar-refractivity contribution in [2.75, 3.05) is 0 Å². The van der Waals surface area contributed by atoms with Gasteiger partial charge in [0.05, 0.1) is 10.6 Å². The van der Waals surface area contributed by atoms with Gasteiger partial charge in [0.25, 0.3) is 5.91 Å². The first-order valence-electron chi connectivity index (χ1n) is 4.83. The van der Waals surface area contributed by atoms with Crippen LogP contribution in [0.1, 0.15) is 10.4 Å². The Hall–Kier alpha value is -1.53. The van der Waals surface area contributed by atoms with Crippen molar-refractivity contribution < 1.29 is 13.6 Å². The van der Waals surface area contributed by atoms with Crippen molar-refractivity contribution in [3.63, 3.8) is 0 Å². The van der Waals surface area contributed by atoms with Gasteiger partial charge in [-0.15, -0.1) is 11.3 Å².